The topological polar surface area (TPSA) is 59.6 Å². The Morgan fingerprint density at radius 1 is 1.41 bits per heavy atom. The van der Waals surface area contributed by atoms with Gasteiger partial charge in [-0.1, -0.05) is 6.07 Å². The summed E-state index contributed by atoms with van der Waals surface area (Å²) in [6.45, 7) is 0.430. The number of carbonyl (C=O) groups is 1. The van der Waals surface area contributed by atoms with E-state index in [9.17, 15) is 9.59 Å². The van der Waals surface area contributed by atoms with E-state index < -0.39 is 0 Å². The zero-order chi connectivity index (χ0) is 15.7. The van der Waals surface area contributed by atoms with Crippen molar-refractivity contribution in [1.29, 1.82) is 0 Å². The molecule has 0 aliphatic rings. The minimum Gasteiger partial charge on any atom is -0.339 e. The van der Waals surface area contributed by atoms with Gasteiger partial charge in [-0.2, -0.15) is 0 Å². The van der Waals surface area contributed by atoms with Gasteiger partial charge in [-0.3, -0.25) is 9.20 Å². The molecular formula is C14H13BrN4O2S. The van der Waals surface area contributed by atoms with Crippen molar-refractivity contribution in [3.8, 4) is 0 Å². The lowest BCUT2D eigenvalue weighted by Crippen LogP contribution is -2.33. The molecule has 3 aromatic heterocycles. The van der Waals surface area contributed by atoms with E-state index in [0.29, 0.717) is 12.2 Å². The van der Waals surface area contributed by atoms with Gasteiger partial charge in [0.15, 0.2) is 5.65 Å². The highest BCUT2D eigenvalue weighted by atomic mass is 79.9. The Morgan fingerprint density at radius 2 is 2.23 bits per heavy atom. The molecule has 0 N–H and O–H groups in total. The third kappa shape index (κ3) is 2.84. The van der Waals surface area contributed by atoms with Crippen LogP contribution in [0.5, 0.6) is 0 Å². The molecule has 0 bridgehead atoms. The summed E-state index contributed by atoms with van der Waals surface area (Å²) in [5, 5.41) is 6.12. The fourth-order valence-corrected chi connectivity index (χ4v) is 3.59. The van der Waals surface area contributed by atoms with Gasteiger partial charge in [0.1, 0.15) is 6.54 Å². The van der Waals surface area contributed by atoms with Gasteiger partial charge in [0.25, 0.3) is 0 Å². The zero-order valence-electron chi connectivity index (χ0n) is 11.8. The van der Waals surface area contributed by atoms with Gasteiger partial charge in [0.2, 0.25) is 5.91 Å². The first-order chi connectivity index (χ1) is 10.6. The predicted octanol–water partition coefficient (Wildman–Crippen LogP) is 1.98. The summed E-state index contributed by atoms with van der Waals surface area (Å²) in [6, 6.07) is 7.23. The molecule has 0 fully saturated rings. The van der Waals surface area contributed by atoms with Crippen LogP contribution in [0.4, 0.5) is 0 Å². The fraction of sp³-hybridized carbons (Fsp3) is 0.214. The molecule has 0 saturated carbocycles. The smallest absolute Gasteiger partial charge is 0.339 e. The predicted molar refractivity (Wildman–Crippen MR) is 87.9 cm³/mol. The number of halogens is 1. The molecule has 3 rings (SSSR count). The van der Waals surface area contributed by atoms with Gasteiger partial charge in [-0.15, -0.1) is 16.4 Å². The summed E-state index contributed by atoms with van der Waals surface area (Å²) < 4.78 is 3.60. The number of pyridine rings is 1. The quantitative estimate of drug-likeness (QED) is 0.695. The number of likely N-dealkylation sites (N-methyl/N-ethyl adjacent to an activating group) is 1. The molecule has 0 unspecified atom stereocenters. The van der Waals surface area contributed by atoms with Crippen LogP contribution in [0, 0.1) is 0 Å². The van der Waals surface area contributed by atoms with Crippen molar-refractivity contribution in [1.82, 2.24) is 19.1 Å². The molecule has 8 heteroatoms. The largest absolute Gasteiger partial charge is 0.350 e. The molecule has 3 heterocycles. The Balaban J connectivity index is 1.76. The second-order valence-corrected chi connectivity index (χ2v) is 6.67. The Kier molecular flexibility index (Phi) is 4.12. The van der Waals surface area contributed by atoms with E-state index in [1.54, 1.807) is 47.7 Å². The minimum atomic E-state index is -0.311. The van der Waals surface area contributed by atoms with E-state index in [-0.39, 0.29) is 18.1 Å². The Bertz CT molecular complexity index is 882. The van der Waals surface area contributed by atoms with Gasteiger partial charge < -0.3 is 4.90 Å². The van der Waals surface area contributed by atoms with Gasteiger partial charge in [-0.25, -0.2) is 9.48 Å². The van der Waals surface area contributed by atoms with Crippen molar-refractivity contribution < 1.29 is 4.79 Å². The number of fused-ring (bicyclic) bond motifs is 1. The van der Waals surface area contributed by atoms with Crippen molar-refractivity contribution in [2.75, 3.05) is 7.05 Å². The number of amides is 1. The molecule has 0 aliphatic heterocycles. The van der Waals surface area contributed by atoms with Crippen LogP contribution in [0.15, 0.2) is 45.1 Å². The third-order valence-electron chi connectivity index (χ3n) is 3.27. The standard InChI is InChI=1S/C14H13BrN4O2S/c1-17(8-11-10(15)5-7-22-11)13(20)9-19-14(21)18-6-3-2-4-12(18)16-19/h2-7H,8-9H2,1H3. The van der Waals surface area contributed by atoms with Crippen molar-refractivity contribution in [2.24, 2.45) is 0 Å². The monoisotopic (exact) mass is 380 g/mol. The van der Waals surface area contributed by atoms with Crippen molar-refractivity contribution >= 4 is 38.8 Å². The third-order valence-corrected chi connectivity index (χ3v) is 5.18. The zero-order valence-corrected chi connectivity index (χ0v) is 14.2. The maximum Gasteiger partial charge on any atom is 0.350 e. The highest BCUT2D eigenvalue weighted by molar-refractivity contribution is 9.10. The van der Waals surface area contributed by atoms with E-state index in [4.69, 9.17) is 0 Å². The van der Waals surface area contributed by atoms with Crippen LogP contribution in [0.25, 0.3) is 5.65 Å². The molecule has 0 radical (unpaired) electrons. The van der Waals surface area contributed by atoms with Crippen LogP contribution in [0.3, 0.4) is 0 Å². The first-order valence-electron chi connectivity index (χ1n) is 6.56. The van der Waals surface area contributed by atoms with Gasteiger partial charge in [0, 0.05) is 22.6 Å². The Hall–Kier alpha value is -1.93. The molecule has 0 atom stereocenters. The Labute approximate surface area is 138 Å². The van der Waals surface area contributed by atoms with Crippen LogP contribution in [-0.2, 0) is 17.9 Å². The maximum atomic E-state index is 12.3. The summed E-state index contributed by atoms with van der Waals surface area (Å²) in [6.07, 6.45) is 1.64. The Morgan fingerprint density at radius 3 is 2.91 bits per heavy atom. The number of rotatable bonds is 4. The van der Waals surface area contributed by atoms with Gasteiger partial charge in [-0.05, 0) is 39.5 Å². The minimum absolute atomic E-state index is 0.0694. The number of hydrogen-bond acceptors (Lipinski definition) is 4. The van der Waals surface area contributed by atoms with Gasteiger partial charge in [0.05, 0.1) is 6.54 Å². The number of carbonyl (C=O) groups excluding carboxylic acids is 1. The van der Waals surface area contributed by atoms with Crippen LogP contribution >= 0.6 is 27.3 Å². The molecule has 0 aromatic carbocycles. The maximum absolute atomic E-state index is 12.3. The average molecular weight is 381 g/mol. The number of nitrogens with zero attached hydrogens (tertiary/aromatic N) is 4. The number of thiophene rings is 1. The average Bonchev–Trinajstić information content (AvgIpc) is 3.04. The van der Waals surface area contributed by atoms with Crippen molar-refractivity contribution in [2.45, 2.75) is 13.1 Å². The van der Waals surface area contributed by atoms with E-state index in [0.717, 1.165) is 9.35 Å². The molecule has 3 aromatic rings. The molecule has 0 saturated heterocycles. The molecule has 0 spiro atoms. The van der Waals surface area contributed by atoms with Crippen LogP contribution in [0.1, 0.15) is 4.88 Å². The molecule has 114 valence electrons. The lowest BCUT2D eigenvalue weighted by atomic mass is 10.4. The van der Waals surface area contributed by atoms with Gasteiger partial charge >= 0.3 is 5.69 Å². The SMILES string of the molecule is CN(Cc1sccc1Br)C(=O)Cn1nc2ccccn2c1=O. The second kappa shape index (κ2) is 6.05. The normalized spacial score (nSPS) is 11.0. The van der Waals surface area contributed by atoms with E-state index in [1.165, 1.54) is 9.08 Å². The van der Waals surface area contributed by atoms with E-state index in [2.05, 4.69) is 21.0 Å². The highest BCUT2D eigenvalue weighted by Crippen LogP contribution is 2.23. The summed E-state index contributed by atoms with van der Waals surface area (Å²) >= 11 is 5.03. The highest BCUT2D eigenvalue weighted by Gasteiger charge is 2.15. The van der Waals surface area contributed by atoms with E-state index >= 15 is 0 Å². The second-order valence-electron chi connectivity index (χ2n) is 4.81. The molecule has 0 aliphatic carbocycles. The molecule has 1 amide bonds. The van der Waals surface area contributed by atoms with E-state index in [1.807, 2.05) is 11.4 Å². The lowest BCUT2D eigenvalue weighted by molar-refractivity contribution is -0.131. The van der Waals surface area contributed by atoms with Crippen LogP contribution in [-0.4, -0.2) is 32.0 Å². The number of aromatic nitrogens is 3. The van der Waals surface area contributed by atoms with Crippen LogP contribution in [0.2, 0.25) is 0 Å². The number of hydrogen-bond donors (Lipinski definition) is 0. The summed E-state index contributed by atoms with van der Waals surface area (Å²) in [7, 11) is 1.72. The summed E-state index contributed by atoms with van der Waals surface area (Å²) in [5.41, 5.74) is 0.221. The molecule has 22 heavy (non-hydrogen) atoms. The first-order valence-corrected chi connectivity index (χ1v) is 8.23. The first kappa shape index (κ1) is 15.0. The van der Waals surface area contributed by atoms with Crippen LogP contribution < -0.4 is 5.69 Å². The summed E-state index contributed by atoms with van der Waals surface area (Å²) in [5.74, 6) is -0.161. The van der Waals surface area contributed by atoms with Crippen molar-refractivity contribution in [3.63, 3.8) is 0 Å². The molecule has 6 nitrogen and oxygen atoms in total. The molecular weight excluding hydrogens is 368 g/mol. The summed E-state index contributed by atoms with van der Waals surface area (Å²) in [4.78, 5) is 27.1. The van der Waals surface area contributed by atoms with Crippen molar-refractivity contribution in [3.05, 3.63) is 55.7 Å². The lowest BCUT2D eigenvalue weighted by Gasteiger charge is -2.16. The fourth-order valence-electron chi connectivity index (χ4n) is 2.06.